The van der Waals surface area contributed by atoms with E-state index < -0.39 is 17.7 Å². The summed E-state index contributed by atoms with van der Waals surface area (Å²) in [6.45, 7) is 7.80. The second kappa shape index (κ2) is 11.7. The highest BCUT2D eigenvalue weighted by atomic mass is 16.6. The maximum absolute atomic E-state index is 13.0. The van der Waals surface area contributed by atoms with Gasteiger partial charge in [-0.2, -0.15) is 0 Å². The summed E-state index contributed by atoms with van der Waals surface area (Å²) in [7, 11) is 0. The third kappa shape index (κ3) is 8.40. The third-order valence-electron chi connectivity index (χ3n) is 5.50. The summed E-state index contributed by atoms with van der Waals surface area (Å²) in [6.07, 6.45) is 6.54. The molecule has 1 aliphatic heterocycles. The molecule has 1 aromatic carbocycles. The van der Waals surface area contributed by atoms with Gasteiger partial charge in [0, 0.05) is 32.3 Å². The van der Waals surface area contributed by atoms with Gasteiger partial charge in [-0.15, -0.1) is 0 Å². The van der Waals surface area contributed by atoms with Crippen molar-refractivity contribution >= 4 is 17.8 Å². The highest BCUT2D eigenvalue weighted by molar-refractivity contribution is 5.86. The molecule has 2 amide bonds. The number of amides is 2. The second-order valence-corrected chi connectivity index (χ2v) is 9.53. The van der Waals surface area contributed by atoms with Gasteiger partial charge >= 0.3 is 6.09 Å². The molecule has 7 nitrogen and oxygen atoms in total. The summed E-state index contributed by atoms with van der Waals surface area (Å²) in [5, 5.41) is 5.65. The summed E-state index contributed by atoms with van der Waals surface area (Å²) in [5.41, 5.74) is 1.23. The van der Waals surface area contributed by atoms with Gasteiger partial charge in [-0.05, 0) is 50.8 Å². The van der Waals surface area contributed by atoms with E-state index in [9.17, 15) is 9.59 Å². The Hall–Kier alpha value is -3.09. The Kier molecular flexibility index (Phi) is 8.69. The zero-order valence-corrected chi connectivity index (χ0v) is 20.0. The predicted molar refractivity (Wildman–Crippen MR) is 130 cm³/mol. The monoisotopic (exact) mass is 452 g/mol. The van der Waals surface area contributed by atoms with Gasteiger partial charge in [0.15, 0.2) is 0 Å². The second-order valence-electron chi connectivity index (χ2n) is 9.53. The number of hydrogen-bond acceptors (Lipinski definition) is 5. The highest BCUT2D eigenvalue weighted by Gasteiger charge is 2.24. The van der Waals surface area contributed by atoms with Gasteiger partial charge in [0.25, 0.3) is 0 Å². The lowest BCUT2D eigenvalue weighted by atomic mass is 10.1. The number of pyridine rings is 1. The van der Waals surface area contributed by atoms with Gasteiger partial charge in [-0.25, -0.2) is 9.78 Å². The minimum atomic E-state index is -0.744. The molecule has 0 spiro atoms. The van der Waals surface area contributed by atoms with Crippen molar-refractivity contribution in [3.63, 3.8) is 0 Å². The van der Waals surface area contributed by atoms with Crippen molar-refractivity contribution < 1.29 is 14.3 Å². The van der Waals surface area contributed by atoms with Crippen LogP contribution in [0.25, 0.3) is 0 Å². The van der Waals surface area contributed by atoms with E-state index in [0.29, 0.717) is 13.0 Å². The summed E-state index contributed by atoms with van der Waals surface area (Å²) in [4.78, 5) is 32.2. The Morgan fingerprint density at radius 3 is 2.30 bits per heavy atom. The molecule has 0 saturated carbocycles. The molecule has 2 heterocycles. The van der Waals surface area contributed by atoms with Crippen LogP contribution in [-0.4, -0.2) is 41.7 Å². The van der Waals surface area contributed by atoms with E-state index in [1.54, 1.807) is 20.8 Å². The molecule has 2 N–H and O–H groups in total. The lowest BCUT2D eigenvalue weighted by Crippen LogP contribution is -2.49. The summed E-state index contributed by atoms with van der Waals surface area (Å²) >= 11 is 0. The van der Waals surface area contributed by atoms with E-state index in [1.165, 1.54) is 25.7 Å². The fourth-order valence-corrected chi connectivity index (χ4v) is 3.83. The van der Waals surface area contributed by atoms with Crippen LogP contribution in [0.3, 0.4) is 0 Å². The van der Waals surface area contributed by atoms with Gasteiger partial charge in [-0.3, -0.25) is 4.79 Å². The third-order valence-corrected chi connectivity index (χ3v) is 5.50. The topological polar surface area (TPSA) is 83.6 Å². The van der Waals surface area contributed by atoms with Gasteiger partial charge in [0.05, 0.1) is 0 Å². The average molecular weight is 453 g/mol. The summed E-state index contributed by atoms with van der Waals surface area (Å²) in [6, 6.07) is 12.9. The molecule has 2 aromatic rings. The van der Waals surface area contributed by atoms with Crippen LogP contribution in [0.15, 0.2) is 48.7 Å². The quantitative estimate of drug-likeness (QED) is 0.657. The van der Waals surface area contributed by atoms with E-state index in [2.05, 4.69) is 20.5 Å². The van der Waals surface area contributed by atoms with Crippen molar-refractivity contribution in [3.8, 4) is 0 Å². The number of alkyl carbamates (subject to hydrolysis) is 1. The van der Waals surface area contributed by atoms with Gasteiger partial charge in [-0.1, -0.05) is 49.2 Å². The average Bonchev–Trinajstić information content (AvgIpc) is 3.06. The standard InChI is InChI=1S/C26H36N4O3/c1-26(2,3)33-25(32)29-22(17-20-11-7-6-8-12-20)24(31)28-19-21-13-14-23(27-18-21)30-15-9-4-5-10-16-30/h6-8,11-14,18,22H,4-5,9-10,15-17,19H2,1-3H3,(H,28,31)(H,29,32). The number of rotatable bonds is 7. The molecule has 3 rings (SSSR count). The lowest BCUT2D eigenvalue weighted by molar-refractivity contribution is -0.123. The number of nitrogens with one attached hydrogen (secondary N) is 2. The van der Waals surface area contributed by atoms with Crippen molar-refractivity contribution in [2.24, 2.45) is 0 Å². The van der Waals surface area contributed by atoms with E-state index >= 15 is 0 Å². The van der Waals surface area contributed by atoms with E-state index in [-0.39, 0.29) is 5.91 Å². The van der Waals surface area contributed by atoms with Crippen LogP contribution in [0, 0.1) is 0 Å². The zero-order valence-electron chi connectivity index (χ0n) is 20.0. The van der Waals surface area contributed by atoms with Crippen LogP contribution >= 0.6 is 0 Å². The molecule has 1 aromatic heterocycles. The molecule has 0 bridgehead atoms. The van der Waals surface area contributed by atoms with Crippen LogP contribution in [0.4, 0.5) is 10.6 Å². The van der Waals surface area contributed by atoms with Crippen molar-refractivity contribution in [1.82, 2.24) is 15.6 Å². The van der Waals surface area contributed by atoms with Crippen LogP contribution in [0.5, 0.6) is 0 Å². The number of nitrogens with zero attached hydrogens (tertiary/aromatic N) is 2. The Morgan fingerprint density at radius 1 is 1.00 bits per heavy atom. The normalized spacial score (nSPS) is 15.3. The van der Waals surface area contributed by atoms with Crippen LogP contribution in [0.1, 0.15) is 57.6 Å². The summed E-state index contributed by atoms with van der Waals surface area (Å²) in [5.74, 6) is 0.724. The lowest BCUT2D eigenvalue weighted by Gasteiger charge is -2.23. The molecule has 7 heteroatoms. The van der Waals surface area contributed by atoms with Crippen molar-refractivity contribution in [3.05, 3.63) is 59.8 Å². The fourth-order valence-electron chi connectivity index (χ4n) is 3.83. The number of carbonyl (C=O) groups excluding carboxylic acids is 2. The first-order valence-corrected chi connectivity index (χ1v) is 11.8. The number of aromatic nitrogens is 1. The van der Waals surface area contributed by atoms with Crippen molar-refractivity contribution in [2.45, 2.75) is 71.1 Å². The summed E-state index contributed by atoms with van der Waals surface area (Å²) < 4.78 is 5.35. The maximum Gasteiger partial charge on any atom is 0.408 e. The zero-order chi connectivity index (χ0) is 23.7. The largest absolute Gasteiger partial charge is 0.444 e. The van der Waals surface area contributed by atoms with Gasteiger partial charge in [0.2, 0.25) is 5.91 Å². The smallest absolute Gasteiger partial charge is 0.408 e. The van der Waals surface area contributed by atoms with E-state index in [4.69, 9.17) is 4.74 Å². The van der Waals surface area contributed by atoms with E-state index in [0.717, 1.165) is 30.0 Å². The molecular formula is C26H36N4O3. The predicted octanol–water partition coefficient (Wildman–Crippen LogP) is 4.21. The highest BCUT2D eigenvalue weighted by Crippen LogP contribution is 2.17. The first-order chi connectivity index (χ1) is 15.8. The van der Waals surface area contributed by atoms with Gasteiger partial charge < -0.3 is 20.3 Å². The molecule has 1 fully saturated rings. The number of carbonyl (C=O) groups is 2. The first-order valence-electron chi connectivity index (χ1n) is 11.8. The number of ether oxygens (including phenoxy) is 1. The Morgan fingerprint density at radius 2 is 1.70 bits per heavy atom. The Labute approximate surface area is 196 Å². The molecule has 1 saturated heterocycles. The van der Waals surface area contributed by atoms with Crippen LogP contribution in [0.2, 0.25) is 0 Å². The fraction of sp³-hybridized carbons (Fsp3) is 0.500. The number of anilines is 1. The molecule has 1 atom stereocenters. The minimum absolute atomic E-state index is 0.263. The first kappa shape index (κ1) is 24.6. The number of benzene rings is 1. The maximum atomic E-state index is 13.0. The van der Waals surface area contributed by atoms with Crippen LogP contribution in [-0.2, 0) is 22.5 Å². The Balaban J connectivity index is 1.60. The molecule has 0 radical (unpaired) electrons. The molecule has 33 heavy (non-hydrogen) atoms. The van der Waals surface area contributed by atoms with Crippen molar-refractivity contribution in [2.75, 3.05) is 18.0 Å². The van der Waals surface area contributed by atoms with E-state index in [1.807, 2.05) is 48.7 Å². The Bertz CT molecular complexity index is 886. The molecule has 1 aliphatic rings. The van der Waals surface area contributed by atoms with Gasteiger partial charge in [0.1, 0.15) is 17.5 Å². The number of hydrogen-bond donors (Lipinski definition) is 2. The SMILES string of the molecule is CC(C)(C)OC(=O)NC(Cc1ccccc1)C(=O)NCc1ccc(N2CCCCCC2)nc1. The van der Waals surface area contributed by atoms with Crippen molar-refractivity contribution in [1.29, 1.82) is 0 Å². The molecule has 178 valence electrons. The minimum Gasteiger partial charge on any atom is -0.444 e. The van der Waals surface area contributed by atoms with Crippen LogP contribution < -0.4 is 15.5 Å². The molecule has 1 unspecified atom stereocenters. The molecule has 0 aliphatic carbocycles. The molecular weight excluding hydrogens is 416 g/mol.